The molecule has 1 aliphatic carbocycles. The van der Waals surface area contributed by atoms with Crippen LogP contribution in [-0.4, -0.2) is 26.7 Å². The average molecular weight is 437 g/mol. The fraction of sp³-hybridized carbons (Fsp3) is 0.182. The highest BCUT2D eigenvalue weighted by Crippen LogP contribution is 2.47. The summed E-state index contributed by atoms with van der Waals surface area (Å²) in [7, 11) is 1.50. The zero-order chi connectivity index (χ0) is 22.6. The molecule has 0 atom stereocenters. The molecule has 2 N–H and O–H groups in total. The van der Waals surface area contributed by atoms with Gasteiger partial charge in [0.1, 0.15) is 11.2 Å². The third-order valence-corrected chi connectivity index (χ3v) is 5.56. The van der Waals surface area contributed by atoms with Crippen LogP contribution in [0.1, 0.15) is 12.8 Å². The molecule has 4 aromatic rings. The van der Waals surface area contributed by atoms with Gasteiger partial charge in [0.05, 0.1) is 10.9 Å². The van der Waals surface area contributed by atoms with Crippen LogP contribution in [0.4, 0.5) is 10.1 Å². The van der Waals surface area contributed by atoms with Crippen LogP contribution in [0.5, 0.6) is 11.5 Å². The van der Waals surface area contributed by atoms with Crippen LogP contribution < -0.4 is 15.6 Å². The predicted octanol–water partition coefficient (Wildman–Crippen LogP) is 3.41. The molecule has 0 saturated heterocycles. The molecule has 1 saturated carbocycles. The van der Waals surface area contributed by atoms with Crippen molar-refractivity contribution >= 4 is 39.4 Å². The van der Waals surface area contributed by atoms with Gasteiger partial charge in [-0.1, -0.05) is 0 Å². The highest BCUT2D eigenvalue weighted by molar-refractivity contribution is 6.10. The van der Waals surface area contributed by atoms with Gasteiger partial charge in [0.2, 0.25) is 5.91 Å². The van der Waals surface area contributed by atoms with Crippen molar-refractivity contribution in [1.82, 2.24) is 9.72 Å². The summed E-state index contributed by atoms with van der Waals surface area (Å²) in [6.07, 6.45) is 1.98. The minimum absolute atomic E-state index is 0.116. The summed E-state index contributed by atoms with van der Waals surface area (Å²) < 4.78 is 26.9. The number of amides is 1. The van der Waals surface area contributed by atoms with Crippen molar-refractivity contribution in [1.29, 1.82) is 0 Å². The third kappa shape index (κ3) is 3.08. The highest BCUT2D eigenvalue weighted by Gasteiger charge is 2.57. The Labute approximate surface area is 179 Å². The molecule has 1 fully saturated rings. The Hall–Kier alpha value is -4.21. The smallest absolute Gasteiger partial charge is 0.319 e. The molecule has 0 spiro atoms. The van der Waals surface area contributed by atoms with Crippen LogP contribution in [0.25, 0.3) is 21.9 Å². The maximum atomic E-state index is 14.7. The molecular weight excluding hydrogens is 421 g/mol. The van der Waals surface area contributed by atoms with Gasteiger partial charge in [0.25, 0.3) is 5.56 Å². The minimum Gasteiger partial charge on any atom is -0.480 e. The minimum atomic E-state index is -1.43. The zero-order valence-corrected chi connectivity index (χ0v) is 16.7. The second kappa shape index (κ2) is 6.91. The first-order valence-electron chi connectivity index (χ1n) is 9.69. The first kappa shape index (κ1) is 19.7. The third-order valence-electron chi connectivity index (χ3n) is 5.56. The van der Waals surface area contributed by atoms with Gasteiger partial charge >= 0.3 is 5.97 Å². The Morgan fingerprint density at radius 3 is 2.66 bits per heavy atom. The molecule has 1 amide bonds. The number of anilines is 1. The molecule has 0 unspecified atom stereocenters. The first-order valence-corrected chi connectivity index (χ1v) is 9.69. The molecule has 0 bridgehead atoms. The summed E-state index contributed by atoms with van der Waals surface area (Å²) in [5.74, 6) is -2.47. The molecule has 2 aromatic carbocycles. The van der Waals surface area contributed by atoms with Crippen molar-refractivity contribution in [2.45, 2.75) is 12.8 Å². The highest BCUT2D eigenvalue weighted by atomic mass is 19.1. The van der Waals surface area contributed by atoms with E-state index in [0.717, 1.165) is 10.8 Å². The maximum Gasteiger partial charge on any atom is 0.319 e. The normalized spacial score (nSPS) is 14.4. The van der Waals surface area contributed by atoms with Crippen molar-refractivity contribution in [2.75, 3.05) is 5.32 Å². The van der Waals surface area contributed by atoms with Gasteiger partial charge in [-0.05, 0) is 37.1 Å². The summed E-state index contributed by atoms with van der Waals surface area (Å²) in [5.41, 5.74) is -0.766. The number of benzene rings is 2. The monoisotopic (exact) mass is 437 g/mol. The van der Waals surface area contributed by atoms with E-state index in [1.54, 1.807) is 12.1 Å². The Morgan fingerprint density at radius 2 is 1.97 bits per heavy atom. The van der Waals surface area contributed by atoms with Gasteiger partial charge in [-0.3, -0.25) is 19.4 Å². The van der Waals surface area contributed by atoms with Gasteiger partial charge in [0.15, 0.2) is 17.1 Å². The Morgan fingerprint density at radius 1 is 1.19 bits per heavy atom. The zero-order valence-electron chi connectivity index (χ0n) is 16.7. The van der Waals surface area contributed by atoms with Crippen LogP contribution in [-0.2, 0) is 16.6 Å². The number of pyridine rings is 1. The fourth-order valence-corrected chi connectivity index (χ4v) is 3.53. The SMILES string of the molecule is Cn1oc2cc3nccc(Oc4ccc(NC(=O)C5(C(=O)O)CC5)cc4F)c3cc2c1=O. The molecule has 32 heavy (non-hydrogen) atoms. The number of carboxylic acid groups (broad SMARTS) is 1. The summed E-state index contributed by atoms with van der Waals surface area (Å²) in [6.45, 7) is 0. The number of carbonyl (C=O) groups is 2. The Bertz CT molecular complexity index is 1480. The molecule has 2 heterocycles. The largest absolute Gasteiger partial charge is 0.480 e. The number of hydrogen-bond acceptors (Lipinski definition) is 6. The van der Waals surface area contributed by atoms with E-state index in [-0.39, 0.29) is 35.6 Å². The van der Waals surface area contributed by atoms with E-state index in [4.69, 9.17) is 9.26 Å². The van der Waals surface area contributed by atoms with Crippen molar-refractivity contribution in [3.8, 4) is 11.5 Å². The van der Waals surface area contributed by atoms with E-state index >= 15 is 0 Å². The number of ether oxygens (including phenoxy) is 1. The lowest BCUT2D eigenvalue weighted by atomic mass is 10.1. The molecule has 0 radical (unpaired) electrons. The van der Waals surface area contributed by atoms with Crippen molar-refractivity contribution in [2.24, 2.45) is 12.5 Å². The van der Waals surface area contributed by atoms with E-state index in [1.165, 1.54) is 31.4 Å². The second-order valence-electron chi connectivity index (χ2n) is 7.66. The standard InChI is InChI=1S/C22H16FN3O6/c1-26-19(27)13-9-12-15(10-18(13)32-26)24-7-4-16(12)31-17-3-2-11(8-14(17)23)25-20(28)22(5-6-22)21(29)30/h2-4,7-10H,5-6H2,1H3,(H,25,28)(H,29,30). The van der Waals surface area contributed by atoms with Crippen molar-refractivity contribution in [3.63, 3.8) is 0 Å². The lowest BCUT2D eigenvalue weighted by Gasteiger charge is -2.13. The van der Waals surface area contributed by atoms with Crippen LogP contribution in [0.2, 0.25) is 0 Å². The van der Waals surface area contributed by atoms with Crippen molar-refractivity contribution < 1.29 is 28.3 Å². The van der Waals surface area contributed by atoms with Gasteiger partial charge in [-0.25, -0.2) is 4.39 Å². The number of aliphatic carboxylic acids is 1. The van der Waals surface area contributed by atoms with E-state index in [1.807, 2.05) is 0 Å². The molecule has 1 aliphatic rings. The summed E-state index contributed by atoms with van der Waals surface area (Å²) in [6, 6.07) is 8.52. The van der Waals surface area contributed by atoms with Gasteiger partial charge < -0.3 is 19.7 Å². The Kier molecular flexibility index (Phi) is 4.26. The quantitative estimate of drug-likeness (QED) is 0.459. The van der Waals surface area contributed by atoms with Crippen LogP contribution in [0.3, 0.4) is 0 Å². The van der Waals surface area contributed by atoms with E-state index < -0.39 is 23.1 Å². The maximum absolute atomic E-state index is 14.7. The lowest BCUT2D eigenvalue weighted by Crippen LogP contribution is -2.31. The van der Waals surface area contributed by atoms with Crippen molar-refractivity contribution in [3.05, 3.63) is 58.8 Å². The topological polar surface area (TPSA) is 124 Å². The van der Waals surface area contributed by atoms with Crippen LogP contribution in [0, 0.1) is 11.2 Å². The van der Waals surface area contributed by atoms with E-state index in [9.17, 15) is 23.9 Å². The molecule has 5 rings (SSSR count). The van der Waals surface area contributed by atoms with Crippen LogP contribution >= 0.6 is 0 Å². The first-order chi connectivity index (χ1) is 15.3. The lowest BCUT2D eigenvalue weighted by molar-refractivity contribution is -0.147. The molecular formula is C22H16FN3O6. The van der Waals surface area contributed by atoms with E-state index in [0.29, 0.717) is 21.9 Å². The summed E-state index contributed by atoms with van der Waals surface area (Å²) in [5, 5.41) is 12.5. The number of hydrogen-bond donors (Lipinski definition) is 2. The number of nitrogens with one attached hydrogen (secondary N) is 1. The molecule has 2 aromatic heterocycles. The number of carbonyl (C=O) groups excluding carboxylic acids is 1. The molecule has 10 heteroatoms. The molecule has 0 aliphatic heterocycles. The number of rotatable bonds is 5. The van der Waals surface area contributed by atoms with Gasteiger partial charge in [-0.15, -0.1) is 0 Å². The summed E-state index contributed by atoms with van der Waals surface area (Å²) in [4.78, 5) is 39.9. The summed E-state index contributed by atoms with van der Waals surface area (Å²) >= 11 is 0. The van der Waals surface area contributed by atoms with Gasteiger partial charge in [0, 0.05) is 36.5 Å². The number of aryl methyl sites for hydroxylation is 1. The number of fused-ring (bicyclic) bond motifs is 2. The molecule has 9 nitrogen and oxygen atoms in total. The number of aromatic nitrogens is 2. The van der Waals surface area contributed by atoms with Crippen LogP contribution in [0.15, 0.2) is 51.9 Å². The fourth-order valence-electron chi connectivity index (χ4n) is 3.53. The Balaban J connectivity index is 1.45. The number of nitrogens with zero attached hydrogens (tertiary/aromatic N) is 2. The average Bonchev–Trinajstić information content (AvgIpc) is 3.52. The number of halogens is 1. The van der Waals surface area contributed by atoms with Gasteiger partial charge in [-0.2, -0.15) is 4.74 Å². The second-order valence-corrected chi connectivity index (χ2v) is 7.66. The molecule has 162 valence electrons. The van der Waals surface area contributed by atoms with E-state index in [2.05, 4.69) is 10.3 Å². The number of carboxylic acids is 1. The predicted molar refractivity (Wildman–Crippen MR) is 111 cm³/mol.